The molecule has 0 aliphatic rings. The summed E-state index contributed by atoms with van der Waals surface area (Å²) in [4.78, 5) is 11.7. The van der Waals surface area contributed by atoms with E-state index in [0.717, 1.165) is 12.8 Å². The van der Waals surface area contributed by atoms with Gasteiger partial charge in [-0.3, -0.25) is 4.79 Å². The SMILES string of the molecule is CCC(CC#N)NC(=O)CCc1cccc(C)c1. The Morgan fingerprint density at radius 3 is 2.89 bits per heavy atom. The van der Waals surface area contributed by atoms with Crippen LogP contribution in [0.2, 0.25) is 0 Å². The van der Waals surface area contributed by atoms with Crippen molar-refractivity contribution in [1.29, 1.82) is 5.26 Å². The molecule has 0 aromatic heterocycles. The van der Waals surface area contributed by atoms with Crippen LogP contribution in [0.1, 0.15) is 37.3 Å². The highest BCUT2D eigenvalue weighted by Gasteiger charge is 2.09. The molecule has 1 aromatic carbocycles. The summed E-state index contributed by atoms with van der Waals surface area (Å²) < 4.78 is 0. The molecule has 0 saturated carbocycles. The van der Waals surface area contributed by atoms with Crippen molar-refractivity contribution < 1.29 is 4.79 Å². The molecule has 0 saturated heterocycles. The van der Waals surface area contributed by atoms with Gasteiger partial charge in [0.2, 0.25) is 5.91 Å². The maximum absolute atomic E-state index is 11.7. The summed E-state index contributed by atoms with van der Waals surface area (Å²) in [5, 5.41) is 11.5. The van der Waals surface area contributed by atoms with Gasteiger partial charge in [-0.15, -0.1) is 0 Å². The lowest BCUT2D eigenvalue weighted by molar-refractivity contribution is -0.121. The molecule has 0 radical (unpaired) electrons. The van der Waals surface area contributed by atoms with Gasteiger partial charge in [-0.2, -0.15) is 5.26 Å². The fourth-order valence-electron chi connectivity index (χ4n) is 1.83. The highest BCUT2D eigenvalue weighted by atomic mass is 16.1. The topological polar surface area (TPSA) is 52.9 Å². The Morgan fingerprint density at radius 1 is 1.50 bits per heavy atom. The van der Waals surface area contributed by atoms with Crippen LogP contribution in [0, 0.1) is 18.3 Å². The second kappa shape index (κ2) is 7.50. The van der Waals surface area contributed by atoms with Gasteiger partial charge in [0.05, 0.1) is 12.5 Å². The van der Waals surface area contributed by atoms with Gasteiger partial charge in [0.15, 0.2) is 0 Å². The average molecular weight is 244 g/mol. The number of carbonyl (C=O) groups is 1. The van der Waals surface area contributed by atoms with Crippen molar-refractivity contribution in [3.63, 3.8) is 0 Å². The minimum atomic E-state index is -0.0139. The summed E-state index contributed by atoms with van der Waals surface area (Å²) >= 11 is 0. The van der Waals surface area contributed by atoms with Crippen molar-refractivity contribution in [1.82, 2.24) is 5.32 Å². The van der Waals surface area contributed by atoms with Crippen LogP contribution in [0.5, 0.6) is 0 Å². The smallest absolute Gasteiger partial charge is 0.220 e. The highest BCUT2D eigenvalue weighted by molar-refractivity contribution is 5.76. The van der Waals surface area contributed by atoms with Gasteiger partial charge >= 0.3 is 0 Å². The van der Waals surface area contributed by atoms with Crippen LogP contribution < -0.4 is 5.32 Å². The number of nitriles is 1. The molecule has 1 N–H and O–H groups in total. The van der Waals surface area contributed by atoms with Crippen molar-refractivity contribution >= 4 is 5.91 Å². The summed E-state index contributed by atoms with van der Waals surface area (Å²) in [5.41, 5.74) is 2.39. The Labute approximate surface area is 109 Å². The zero-order chi connectivity index (χ0) is 13.4. The van der Waals surface area contributed by atoms with E-state index in [9.17, 15) is 4.79 Å². The maximum atomic E-state index is 11.7. The molecule has 18 heavy (non-hydrogen) atoms. The normalized spacial score (nSPS) is 11.6. The molecule has 3 nitrogen and oxygen atoms in total. The van der Waals surface area contributed by atoms with Crippen molar-refractivity contribution in [3.8, 4) is 6.07 Å². The molecule has 1 atom stereocenters. The number of aryl methyl sites for hydroxylation is 2. The Kier molecular flexibility index (Phi) is 5.93. The lowest BCUT2D eigenvalue weighted by atomic mass is 10.1. The van der Waals surface area contributed by atoms with Gasteiger partial charge < -0.3 is 5.32 Å². The fraction of sp³-hybridized carbons (Fsp3) is 0.467. The van der Waals surface area contributed by atoms with E-state index < -0.39 is 0 Å². The average Bonchev–Trinajstić information content (AvgIpc) is 2.36. The predicted octanol–water partition coefficient (Wildman–Crippen LogP) is 2.74. The van der Waals surface area contributed by atoms with Gasteiger partial charge in [0.25, 0.3) is 0 Å². The third kappa shape index (κ3) is 5.01. The van der Waals surface area contributed by atoms with Crippen molar-refractivity contribution in [3.05, 3.63) is 35.4 Å². The Morgan fingerprint density at radius 2 is 2.28 bits per heavy atom. The van der Waals surface area contributed by atoms with Crippen LogP contribution in [0.25, 0.3) is 0 Å². The lowest BCUT2D eigenvalue weighted by Crippen LogP contribution is -2.34. The molecular weight excluding hydrogens is 224 g/mol. The van der Waals surface area contributed by atoms with E-state index in [0.29, 0.717) is 12.8 Å². The fourth-order valence-corrected chi connectivity index (χ4v) is 1.83. The highest BCUT2D eigenvalue weighted by Crippen LogP contribution is 2.07. The van der Waals surface area contributed by atoms with Gasteiger partial charge in [-0.25, -0.2) is 0 Å². The predicted molar refractivity (Wildman–Crippen MR) is 72.0 cm³/mol. The molecule has 0 heterocycles. The first-order chi connectivity index (χ1) is 8.65. The zero-order valence-corrected chi connectivity index (χ0v) is 11.1. The first-order valence-corrected chi connectivity index (χ1v) is 6.37. The number of benzene rings is 1. The summed E-state index contributed by atoms with van der Waals surface area (Å²) in [6.45, 7) is 4.02. The van der Waals surface area contributed by atoms with Gasteiger partial charge in [0, 0.05) is 12.5 Å². The number of amides is 1. The Hall–Kier alpha value is -1.82. The molecule has 0 bridgehead atoms. The number of nitrogens with one attached hydrogen (secondary N) is 1. The van der Waals surface area contributed by atoms with Crippen LogP contribution >= 0.6 is 0 Å². The van der Waals surface area contributed by atoms with Crippen LogP contribution in [0.3, 0.4) is 0 Å². The van der Waals surface area contributed by atoms with Crippen molar-refractivity contribution in [2.24, 2.45) is 0 Å². The number of nitrogens with zero attached hydrogens (tertiary/aromatic N) is 1. The van der Waals surface area contributed by atoms with E-state index in [1.807, 2.05) is 32.0 Å². The summed E-state index contributed by atoms with van der Waals surface area (Å²) in [6.07, 6.45) is 2.40. The summed E-state index contributed by atoms with van der Waals surface area (Å²) in [7, 11) is 0. The Bertz CT molecular complexity index is 434. The van der Waals surface area contributed by atoms with Gasteiger partial charge in [-0.1, -0.05) is 36.8 Å². The molecular formula is C15H20N2O. The molecule has 0 spiro atoms. The van der Waals surface area contributed by atoms with Crippen LogP contribution in [0.4, 0.5) is 0 Å². The molecule has 96 valence electrons. The lowest BCUT2D eigenvalue weighted by Gasteiger charge is -2.13. The van der Waals surface area contributed by atoms with Gasteiger partial charge in [0.1, 0.15) is 0 Å². The molecule has 0 fully saturated rings. The molecule has 1 rings (SSSR count). The van der Waals surface area contributed by atoms with Crippen LogP contribution in [0.15, 0.2) is 24.3 Å². The maximum Gasteiger partial charge on any atom is 0.220 e. The largest absolute Gasteiger partial charge is 0.352 e. The van der Waals surface area contributed by atoms with Crippen molar-refractivity contribution in [2.45, 2.75) is 45.6 Å². The second-order valence-corrected chi connectivity index (χ2v) is 4.52. The zero-order valence-electron chi connectivity index (χ0n) is 11.1. The minimum Gasteiger partial charge on any atom is -0.352 e. The molecule has 1 aromatic rings. The Balaban J connectivity index is 2.39. The third-order valence-corrected chi connectivity index (χ3v) is 2.92. The number of carbonyl (C=O) groups excluding carboxylic acids is 1. The van der Waals surface area contributed by atoms with E-state index in [1.165, 1.54) is 11.1 Å². The monoisotopic (exact) mass is 244 g/mol. The van der Waals surface area contributed by atoms with Gasteiger partial charge in [-0.05, 0) is 25.3 Å². The molecule has 1 amide bonds. The van der Waals surface area contributed by atoms with E-state index >= 15 is 0 Å². The van der Waals surface area contributed by atoms with Crippen LogP contribution in [-0.4, -0.2) is 11.9 Å². The first kappa shape index (κ1) is 14.2. The molecule has 0 aliphatic carbocycles. The standard InChI is InChI=1S/C15H20N2O/c1-3-14(9-10-16)17-15(18)8-7-13-6-4-5-12(2)11-13/h4-6,11,14H,3,7-9H2,1-2H3,(H,17,18). The summed E-state index contributed by atoms with van der Waals surface area (Å²) in [6, 6.07) is 10.3. The van der Waals surface area contributed by atoms with Crippen molar-refractivity contribution in [2.75, 3.05) is 0 Å². The molecule has 3 heteroatoms. The summed E-state index contributed by atoms with van der Waals surface area (Å²) in [5.74, 6) is 0.0265. The number of rotatable bonds is 6. The third-order valence-electron chi connectivity index (χ3n) is 2.92. The molecule has 0 aliphatic heterocycles. The van der Waals surface area contributed by atoms with E-state index in [-0.39, 0.29) is 11.9 Å². The van der Waals surface area contributed by atoms with E-state index in [4.69, 9.17) is 5.26 Å². The molecule has 1 unspecified atom stereocenters. The second-order valence-electron chi connectivity index (χ2n) is 4.52. The number of hydrogen-bond donors (Lipinski definition) is 1. The van der Waals surface area contributed by atoms with Crippen LogP contribution in [-0.2, 0) is 11.2 Å². The minimum absolute atomic E-state index is 0.0139. The quantitative estimate of drug-likeness (QED) is 0.836. The van der Waals surface area contributed by atoms with E-state index in [2.05, 4.69) is 17.5 Å². The first-order valence-electron chi connectivity index (χ1n) is 6.37. The number of hydrogen-bond acceptors (Lipinski definition) is 2. The van der Waals surface area contributed by atoms with E-state index in [1.54, 1.807) is 0 Å².